The largest absolute Gasteiger partial charge is 0.369 e. The Morgan fingerprint density at radius 2 is 1.95 bits per heavy atom. The van der Waals surface area contributed by atoms with Gasteiger partial charge >= 0.3 is 0 Å². The van der Waals surface area contributed by atoms with Crippen LogP contribution in [0.1, 0.15) is 25.3 Å². The van der Waals surface area contributed by atoms with Gasteiger partial charge in [0.2, 0.25) is 15.9 Å². The van der Waals surface area contributed by atoms with Gasteiger partial charge in [0.15, 0.2) is 0 Å². The monoisotopic (exact) mass is 284 g/mol. The molecule has 0 aliphatic carbocycles. The van der Waals surface area contributed by atoms with Crippen LogP contribution < -0.4 is 5.73 Å². The summed E-state index contributed by atoms with van der Waals surface area (Å²) in [5.74, 6) is -0.645. The van der Waals surface area contributed by atoms with Gasteiger partial charge in [-0.25, -0.2) is 8.42 Å². The first kappa shape index (κ1) is 15.7. The van der Waals surface area contributed by atoms with E-state index in [-0.39, 0.29) is 11.4 Å². The van der Waals surface area contributed by atoms with Crippen molar-refractivity contribution in [3.05, 3.63) is 29.8 Å². The van der Waals surface area contributed by atoms with Gasteiger partial charge in [0.25, 0.3) is 0 Å². The summed E-state index contributed by atoms with van der Waals surface area (Å²) >= 11 is 0. The van der Waals surface area contributed by atoms with Gasteiger partial charge in [-0.05, 0) is 25.0 Å². The van der Waals surface area contributed by atoms with E-state index >= 15 is 0 Å². The molecule has 0 radical (unpaired) electrons. The van der Waals surface area contributed by atoms with Gasteiger partial charge in [0, 0.05) is 6.54 Å². The fourth-order valence-corrected chi connectivity index (χ4v) is 3.45. The maximum absolute atomic E-state index is 12.5. The summed E-state index contributed by atoms with van der Waals surface area (Å²) < 4.78 is 26.2. The van der Waals surface area contributed by atoms with E-state index in [4.69, 9.17) is 5.73 Å². The van der Waals surface area contributed by atoms with Crippen molar-refractivity contribution in [1.82, 2.24) is 4.31 Å². The Hall–Kier alpha value is -1.40. The standard InChI is InChI=1S/C13H20N2O3S/c1-3-4-9-15(10-13(14)16)19(17,18)12-8-6-5-7-11(12)2/h5-8H,3-4,9-10H2,1-2H3,(H2,14,16). The zero-order chi connectivity index (χ0) is 14.5. The third-order valence-electron chi connectivity index (χ3n) is 2.80. The molecule has 5 nitrogen and oxygen atoms in total. The van der Waals surface area contributed by atoms with E-state index in [1.54, 1.807) is 31.2 Å². The maximum atomic E-state index is 12.5. The zero-order valence-corrected chi connectivity index (χ0v) is 12.1. The van der Waals surface area contributed by atoms with E-state index in [1.807, 2.05) is 6.92 Å². The van der Waals surface area contributed by atoms with Crippen molar-refractivity contribution in [3.8, 4) is 0 Å². The molecule has 106 valence electrons. The molecular formula is C13H20N2O3S. The third-order valence-corrected chi connectivity index (χ3v) is 4.81. The van der Waals surface area contributed by atoms with Crippen LogP contribution in [-0.4, -0.2) is 31.7 Å². The topological polar surface area (TPSA) is 80.5 Å². The Morgan fingerprint density at radius 1 is 1.32 bits per heavy atom. The molecule has 0 spiro atoms. The molecule has 6 heteroatoms. The lowest BCUT2D eigenvalue weighted by Crippen LogP contribution is -2.39. The van der Waals surface area contributed by atoms with Crippen molar-refractivity contribution >= 4 is 15.9 Å². The molecule has 0 aliphatic heterocycles. The summed E-state index contributed by atoms with van der Waals surface area (Å²) in [7, 11) is -3.67. The second-order valence-electron chi connectivity index (χ2n) is 4.42. The van der Waals surface area contributed by atoms with Crippen LogP contribution in [-0.2, 0) is 14.8 Å². The highest BCUT2D eigenvalue weighted by Gasteiger charge is 2.26. The number of hydrogen-bond acceptors (Lipinski definition) is 3. The highest BCUT2D eigenvalue weighted by molar-refractivity contribution is 7.89. The summed E-state index contributed by atoms with van der Waals surface area (Å²) in [6.07, 6.45) is 1.54. The SMILES string of the molecule is CCCCN(CC(N)=O)S(=O)(=O)c1ccccc1C. The Balaban J connectivity index is 3.12. The second kappa shape index (κ2) is 6.68. The van der Waals surface area contributed by atoms with Crippen LogP contribution in [0.5, 0.6) is 0 Å². The molecule has 1 aromatic rings. The quantitative estimate of drug-likeness (QED) is 0.818. The van der Waals surface area contributed by atoms with Crippen LogP contribution in [0.25, 0.3) is 0 Å². The number of carbonyl (C=O) groups excluding carboxylic acids is 1. The van der Waals surface area contributed by atoms with Crippen molar-refractivity contribution in [1.29, 1.82) is 0 Å². The summed E-state index contributed by atoms with van der Waals surface area (Å²) in [6, 6.07) is 6.72. The highest BCUT2D eigenvalue weighted by Crippen LogP contribution is 2.19. The van der Waals surface area contributed by atoms with Crippen LogP contribution >= 0.6 is 0 Å². The number of sulfonamides is 1. The van der Waals surface area contributed by atoms with Gasteiger partial charge < -0.3 is 5.73 Å². The number of nitrogens with two attached hydrogens (primary N) is 1. The lowest BCUT2D eigenvalue weighted by atomic mass is 10.2. The van der Waals surface area contributed by atoms with Crippen LogP contribution in [0, 0.1) is 6.92 Å². The van der Waals surface area contributed by atoms with E-state index in [1.165, 1.54) is 0 Å². The van der Waals surface area contributed by atoms with E-state index in [2.05, 4.69) is 0 Å². The molecule has 0 aliphatic rings. The highest BCUT2D eigenvalue weighted by atomic mass is 32.2. The van der Waals surface area contributed by atoms with Crippen molar-refractivity contribution < 1.29 is 13.2 Å². The molecule has 2 N–H and O–H groups in total. The Kier molecular flexibility index (Phi) is 5.50. The average molecular weight is 284 g/mol. The summed E-state index contributed by atoms with van der Waals surface area (Å²) in [5, 5.41) is 0. The van der Waals surface area contributed by atoms with Gasteiger partial charge in [0.1, 0.15) is 0 Å². The van der Waals surface area contributed by atoms with Gasteiger partial charge in [-0.1, -0.05) is 31.5 Å². The number of amides is 1. The van der Waals surface area contributed by atoms with Crippen molar-refractivity contribution in [3.63, 3.8) is 0 Å². The van der Waals surface area contributed by atoms with Crippen molar-refractivity contribution in [2.45, 2.75) is 31.6 Å². The number of unbranched alkanes of at least 4 members (excludes halogenated alkanes) is 1. The first-order valence-corrected chi connectivity index (χ1v) is 7.67. The number of hydrogen-bond donors (Lipinski definition) is 1. The minimum Gasteiger partial charge on any atom is -0.369 e. The summed E-state index contributed by atoms with van der Waals surface area (Å²) in [6.45, 7) is 3.71. The zero-order valence-electron chi connectivity index (χ0n) is 11.3. The molecule has 0 fully saturated rings. The normalized spacial score (nSPS) is 11.7. The molecule has 0 heterocycles. The van der Waals surface area contributed by atoms with Crippen molar-refractivity contribution in [2.24, 2.45) is 5.73 Å². The number of carbonyl (C=O) groups is 1. The molecule has 19 heavy (non-hydrogen) atoms. The van der Waals surface area contributed by atoms with E-state index < -0.39 is 15.9 Å². The van der Waals surface area contributed by atoms with Gasteiger partial charge in [-0.15, -0.1) is 0 Å². The molecule has 1 rings (SSSR count). The van der Waals surface area contributed by atoms with Crippen LogP contribution in [0.2, 0.25) is 0 Å². The fraction of sp³-hybridized carbons (Fsp3) is 0.462. The van der Waals surface area contributed by atoms with Crippen LogP contribution in [0.15, 0.2) is 29.2 Å². The first-order chi connectivity index (χ1) is 8.89. The molecule has 0 aromatic heterocycles. The molecule has 0 saturated heterocycles. The molecule has 0 bridgehead atoms. The molecule has 0 unspecified atom stereocenters. The first-order valence-electron chi connectivity index (χ1n) is 6.23. The Labute approximate surface area is 114 Å². The number of rotatable bonds is 7. The smallest absolute Gasteiger partial charge is 0.243 e. The second-order valence-corrected chi connectivity index (χ2v) is 6.33. The summed E-state index contributed by atoms with van der Waals surface area (Å²) in [4.78, 5) is 11.3. The molecule has 0 saturated carbocycles. The number of benzene rings is 1. The lowest BCUT2D eigenvalue weighted by Gasteiger charge is -2.21. The van der Waals surface area contributed by atoms with E-state index in [0.29, 0.717) is 18.5 Å². The van der Waals surface area contributed by atoms with Crippen LogP contribution in [0.4, 0.5) is 0 Å². The van der Waals surface area contributed by atoms with E-state index in [0.717, 1.165) is 10.7 Å². The Morgan fingerprint density at radius 3 is 2.47 bits per heavy atom. The minimum absolute atomic E-state index is 0.229. The van der Waals surface area contributed by atoms with Gasteiger partial charge in [0.05, 0.1) is 11.4 Å². The van der Waals surface area contributed by atoms with Crippen molar-refractivity contribution in [2.75, 3.05) is 13.1 Å². The lowest BCUT2D eigenvalue weighted by molar-refractivity contribution is -0.118. The van der Waals surface area contributed by atoms with Gasteiger partial charge in [-0.3, -0.25) is 4.79 Å². The molecule has 1 amide bonds. The maximum Gasteiger partial charge on any atom is 0.243 e. The molecular weight excluding hydrogens is 264 g/mol. The predicted octanol–water partition coefficient (Wildman–Crippen LogP) is 1.27. The molecule has 0 atom stereocenters. The minimum atomic E-state index is -3.67. The number of aryl methyl sites for hydroxylation is 1. The fourth-order valence-electron chi connectivity index (χ4n) is 1.78. The summed E-state index contributed by atoms with van der Waals surface area (Å²) in [5.41, 5.74) is 5.79. The number of primary amides is 1. The van der Waals surface area contributed by atoms with E-state index in [9.17, 15) is 13.2 Å². The molecule has 1 aromatic carbocycles. The number of nitrogens with zero attached hydrogens (tertiary/aromatic N) is 1. The van der Waals surface area contributed by atoms with Gasteiger partial charge in [-0.2, -0.15) is 4.31 Å². The third kappa shape index (κ3) is 4.04. The van der Waals surface area contributed by atoms with Crippen LogP contribution in [0.3, 0.4) is 0 Å². The average Bonchev–Trinajstić information content (AvgIpc) is 2.34. The Bertz CT molecular complexity index is 541. The predicted molar refractivity (Wildman–Crippen MR) is 74.0 cm³/mol.